The second kappa shape index (κ2) is 8.60. The number of rotatable bonds is 4. The molecule has 1 aromatic carbocycles. The molecule has 1 amide bonds. The van der Waals surface area contributed by atoms with E-state index in [1.165, 1.54) is 22.1 Å². The summed E-state index contributed by atoms with van der Waals surface area (Å²) in [5.74, 6) is -2.02. The molecule has 2 aliphatic rings. The zero-order valence-electron chi connectivity index (χ0n) is 17.4. The number of carbonyl (C=O) groups is 1. The lowest BCUT2D eigenvalue weighted by atomic mass is 9.99. The molecule has 0 unspecified atom stereocenters. The minimum absolute atomic E-state index is 0.0930. The maximum Gasteiger partial charge on any atom is 0.291 e. The number of alkyl halides is 1. The van der Waals surface area contributed by atoms with Crippen LogP contribution in [0.5, 0.6) is 5.06 Å². The standard InChI is InChI=1S/C21H18F3N5O3S/c1-10-18-27-17(19(30)25-6-5-22)28-29(18)20-14(11-9-31-7-8-32-21(11)33-20)16(26-10)15-12(23)3-2-4-13(15)24/h2-4,10H,5-9H2,1H3,(H,25,30)/t10-/m0/s1. The molecule has 1 atom stereocenters. The Kier molecular flexibility index (Phi) is 5.62. The molecule has 2 aliphatic heterocycles. The molecule has 12 heteroatoms. The predicted octanol–water partition coefficient (Wildman–Crippen LogP) is 3.13. The number of benzene rings is 1. The molecule has 0 saturated carbocycles. The molecule has 4 heterocycles. The summed E-state index contributed by atoms with van der Waals surface area (Å²) in [6, 6.07) is 2.92. The number of halogens is 3. The second-order valence-corrected chi connectivity index (χ2v) is 8.31. The number of ether oxygens (including phenoxy) is 2. The number of amides is 1. The van der Waals surface area contributed by atoms with Crippen LogP contribution in [0.25, 0.3) is 5.00 Å². The Morgan fingerprint density at radius 3 is 2.82 bits per heavy atom. The highest BCUT2D eigenvalue weighted by Crippen LogP contribution is 2.44. The summed E-state index contributed by atoms with van der Waals surface area (Å²) in [4.78, 5) is 21.3. The Morgan fingerprint density at radius 1 is 1.27 bits per heavy atom. The molecule has 0 fully saturated rings. The van der Waals surface area contributed by atoms with Gasteiger partial charge in [0.1, 0.15) is 36.0 Å². The van der Waals surface area contributed by atoms with E-state index in [0.717, 1.165) is 12.1 Å². The van der Waals surface area contributed by atoms with Crippen LogP contribution in [0.4, 0.5) is 13.2 Å². The number of hydrogen-bond acceptors (Lipinski definition) is 7. The van der Waals surface area contributed by atoms with E-state index in [-0.39, 0.29) is 30.3 Å². The minimum atomic E-state index is -0.763. The molecule has 0 bridgehead atoms. The van der Waals surface area contributed by atoms with Gasteiger partial charge in [0.05, 0.1) is 24.5 Å². The van der Waals surface area contributed by atoms with Gasteiger partial charge in [-0.05, 0) is 19.1 Å². The van der Waals surface area contributed by atoms with Crippen molar-refractivity contribution in [2.45, 2.75) is 19.6 Å². The number of hydrogen-bond donors (Lipinski definition) is 1. The van der Waals surface area contributed by atoms with E-state index in [0.29, 0.717) is 40.2 Å². The van der Waals surface area contributed by atoms with E-state index in [1.807, 2.05) is 0 Å². The fraction of sp³-hybridized carbons (Fsp3) is 0.333. The monoisotopic (exact) mass is 477 g/mol. The molecule has 5 rings (SSSR count). The number of aromatic nitrogens is 3. The molecule has 3 aromatic rings. The summed E-state index contributed by atoms with van der Waals surface area (Å²) in [5.41, 5.74) is 0.817. The number of thiophene rings is 1. The summed E-state index contributed by atoms with van der Waals surface area (Å²) in [6.45, 7) is 1.61. The Balaban J connectivity index is 1.74. The summed E-state index contributed by atoms with van der Waals surface area (Å²) in [5, 5.41) is 7.67. The van der Waals surface area contributed by atoms with E-state index in [1.54, 1.807) is 6.92 Å². The molecular weight excluding hydrogens is 459 g/mol. The van der Waals surface area contributed by atoms with Gasteiger partial charge in [0, 0.05) is 17.7 Å². The van der Waals surface area contributed by atoms with Gasteiger partial charge in [0.15, 0.2) is 10.9 Å². The fourth-order valence-electron chi connectivity index (χ4n) is 3.75. The minimum Gasteiger partial charge on any atom is -0.481 e. The van der Waals surface area contributed by atoms with Crippen LogP contribution in [0.1, 0.15) is 46.1 Å². The van der Waals surface area contributed by atoms with Crippen molar-refractivity contribution >= 4 is 23.0 Å². The molecule has 172 valence electrons. The average Bonchev–Trinajstić information content (AvgIpc) is 3.28. The number of carbonyl (C=O) groups excluding carboxylic acids is 1. The third-order valence-corrected chi connectivity index (χ3v) is 6.32. The van der Waals surface area contributed by atoms with Crippen LogP contribution in [-0.4, -0.2) is 52.8 Å². The summed E-state index contributed by atoms with van der Waals surface area (Å²) in [7, 11) is 0. The largest absolute Gasteiger partial charge is 0.481 e. The topological polar surface area (TPSA) is 90.6 Å². The van der Waals surface area contributed by atoms with Crippen molar-refractivity contribution < 1.29 is 27.4 Å². The van der Waals surface area contributed by atoms with Gasteiger partial charge in [-0.2, -0.15) is 0 Å². The van der Waals surface area contributed by atoms with Crippen LogP contribution in [0, 0.1) is 11.6 Å². The maximum absolute atomic E-state index is 14.8. The van der Waals surface area contributed by atoms with Crippen LogP contribution in [-0.2, 0) is 11.3 Å². The number of fused-ring (bicyclic) bond motifs is 5. The van der Waals surface area contributed by atoms with Crippen molar-refractivity contribution in [2.75, 3.05) is 26.4 Å². The summed E-state index contributed by atoms with van der Waals surface area (Å²) in [6.07, 6.45) is 0. The number of aliphatic imine (C=N–C) groups is 1. The third-order valence-electron chi connectivity index (χ3n) is 5.20. The van der Waals surface area contributed by atoms with Crippen molar-refractivity contribution in [1.82, 2.24) is 20.1 Å². The van der Waals surface area contributed by atoms with Gasteiger partial charge in [-0.3, -0.25) is 9.79 Å². The predicted molar refractivity (Wildman–Crippen MR) is 113 cm³/mol. The van der Waals surface area contributed by atoms with Crippen LogP contribution < -0.4 is 10.1 Å². The van der Waals surface area contributed by atoms with E-state index in [2.05, 4.69) is 20.4 Å². The lowest BCUT2D eigenvalue weighted by Crippen LogP contribution is -2.26. The van der Waals surface area contributed by atoms with Crippen LogP contribution in [0.2, 0.25) is 0 Å². The average molecular weight is 477 g/mol. The Labute approximate surface area is 190 Å². The van der Waals surface area contributed by atoms with Gasteiger partial charge in [-0.25, -0.2) is 22.8 Å². The zero-order chi connectivity index (χ0) is 23.1. The first-order chi connectivity index (χ1) is 16.0. The molecule has 33 heavy (non-hydrogen) atoms. The van der Waals surface area contributed by atoms with E-state index in [9.17, 15) is 18.0 Å². The van der Waals surface area contributed by atoms with Crippen molar-refractivity contribution in [3.8, 4) is 10.1 Å². The third kappa shape index (κ3) is 3.68. The van der Waals surface area contributed by atoms with Gasteiger partial charge in [-0.1, -0.05) is 17.4 Å². The highest BCUT2D eigenvalue weighted by atomic mass is 32.1. The van der Waals surface area contributed by atoms with Gasteiger partial charge < -0.3 is 14.8 Å². The maximum atomic E-state index is 14.8. The molecule has 1 N–H and O–H groups in total. The summed E-state index contributed by atoms with van der Waals surface area (Å²) >= 11 is 1.20. The van der Waals surface area contributed by atoms with E-state index < -0.39 is 30.3 Å². The Bertz CT molecular complexity index is 1250. The van der Waals surface area contributed by atoms with Crippen molar-refractivity contribution in [2.24, 2.45) is 4.99 Å². The Morgan fingerprint density at radius 2 is 2.06 bits per heavy atom. The first kappa shape index (κ1) is 21.6. The first-order valence-electron chi connectivity index (χ1n) is 10.2. The molecule has 0 radical (unpaired) electrons. The van der Waals surface area contributed by atoms with Crippen LogP contribution in [0.15, 0.2) is 23.2 Å². The van der Waals surface area contributed by atoms with Gasteiger partial charge >= 0.3 is 0 Å². The van der Waals surface area contributed by atoms with Crippen LogP contribution in [0.3, 0.4) is 0 Å². The molecule has 8 nitrogen and oxygen atoms in total. The first-order valence-corrected chi connectivity index (χ1v) is 11.0. The van der Waals surface area contributed by atoms with Crippen molar-refractivity contribution in [1.29, 1.82) is 0 Å². The SMILES string of the molecule is C[C@@H]1N=C(c2c(F)cccc2F)c2c(sc3c2COCCO3)-n2nc(C(=O)NCCF)nc21. The van der Waals surface area contributed by atoms with Gasteiger partial charge in [0.25, 0.3) is 5.91 Å². The molecule has 0 spiro atoms. The van der Waals surface area contributed by atoms with Crippen molar-refractivity contribution in [3.05, 3.63) is 58.2 Å². The summed E-state index contributed by atoms with van der Waals surface area (Å²) < 4.78 is 55.0. The second-order valence-electron chi connectivity index (χ2n) is 7.35. The van der Waals surface area contributed by atoms with Crippen LogP contribution >= 0.6 is 11.3 Å². The highest BCUT2D eigenvalue weighted by molar-refractivity contribution is 7.17. The highest BCUT2D eigenvalue weighted by Gasteiger charge is 2.35. The quantitative estimate of drug-likeness (QED) is 0.624. The van der Waals surface area contributed by atoms with Gasteiger partial charge in [0.2, 0.25) is 5.82 Å². The Hall–Kier alpha value is -3.25. The lowest BCUT2D eigenvalue weighted by molar-refractivity contribution is 0.0940. The normalized spacial score (nSPS) is 17.1. The zero-order valence-corrected chi connectivity index (χ0v) is 18.2. The molecular formula is C21H18F3N5O3S. The smallest absolute Gasteiger partial charge is 0.291 e. The molecule has 0 saturated heterocycles. The van der Waals surface area contributed by atoms with Gasteiger partial charge in [-0.15, -0.1) is 5.10 Å². The molecule has 0 aliphatic carbocycles. The fourth-order valence-corrected chi connectivity index (χ4v) is 4.89. The number of nitrogens with one attached hydrogen (secondary N) is 1. The molecule has 2 aromatic heterocycles. The van der Waals surface area contributed by atoms with E-state index >= 15 is 0 Å². The lowest BCUT2D eigenvalue weighted by Gasteiger charge is -2.12. The number of nitrogens with zero attached hydrogens (tertiary/aromatic N) is 4. The van der Waals surface area contributed by atoms with Crippen molar-refractivity contribution in [3.63, 3.8) is 0 Å². The van der Waals surface area contributed by atoms with E-state index in [4.69, 9.17) is 9.47 Å².